The number of carboxylic acid groups (broad SMARTS) is 1. The quantitative estimate of drug-likeness (QED) is 0.799. The Morgan fingerprint density at radius 2 is 2.12 bits per heavy atom. The van der Waals surface area contributed by atoms with E-state index in [0.717, 1.165) is 31.9 Å². The first-order valence-electron chi connectivity index (χ1n) is 7.80. The topological polar surface area (TPSA) is 95.3 Å². The van der Waals surface area contributed by atoms with Gasteiger partial charge in [0.15, 0.2) is 0 Å². The van der Waals surface area contributed by atoms with Crippen LogP contribution in [0.15, 0.2) is 39.6 Å². The van der Waals surface area contributed by atoms with E-state index in [1.807, 2.05) is 12.1 Å². The van der Waals surface area contributed by atoms with E-state index in [0.29, 0.717) is 12.2 Å². The molecule has 130 valence electrons. The highest BCUT2D eigenvalue weighted by Crippen LogP contribution is 2.28. The van der Waals surface area contributed by atoms with Crippen LogP contribution >= 0.6 is 0 Å². The molecule has 3 rings (SSSR count). The standard InChI is InChI=1S/C15H17FN2O2.C2H4O2/c16-13-4-2-1-3-10(13)7-12-8-11(5-6-17-12)14-9-15(19)18-20-14;1-2(3)4/h1-4,9,11-12,17H,5-8H2,(H,18,19);1H3,(H,3,4)/t11-,12-;/m0./s1. The van der Waals surface area contributed by atoms with E-state index in [-0.39, 0.29) is 23.3 Å². The lowest BCUT2D eigenvalue weighted by Crippen LogP contribution is -2.38. The maximum Gasteiger partial charge on any atom is 0.300 e. The average Bonchev–Trinajstić information content (AvgIpc) is 2.96. The second kappa shape index (κ2) is 8.44. The Hall–Kier alpha value is -2.41. The van der Waals surface area contributed by atoms with Crippen molar-refractivity contribution in [1.82, 2.24) is 10.5 Å². The summed E-state index contributed by atoms with van der Waals surface area (Å²) in [5, 5.41) is 13.1. The van der Waals surface area contributed by atoms with Crippen molar-refractivity contribution in [3.05, 3.63) is 57.8 Å². The molecule has 0 unspecified atom stereocenters. The van der Waals surface area contributed by atoms with Gasteiger partial charge in [0.1, 0.15) is 11.6 Å². The molecule has 0 saturated carbocycles. The van der Waals surface area contributed by atoms with E-state index in [2.05, 4.69) is 10.5 Å². The van der Waals surface area contributed by atoms with Crippen molar-refractivity contribution in [2.45, 2.75) is 38.1 Å². The number of halogens is 1. The minimum absolute atomic E-state index is 0.162. The SMILES string of the molecule is CC(=O)O.O=c1cc([C@H]2CCN[C@@H](Cc3ccccc3F)C2)o[nH]1. The number of rotatable bonds is 3. The number of hydrogen-bond donors (Lipinski definition) is 3. The minimum atomic E-state index is -0.833. The highest BCUT2D eigenvalue weighted by Gasteiger charge is 2.26. The molecule has 1 aliphatic rings. The van der Waals surface area contributed by atoms with Crippen LogP contribution in [0.1, 0.15) is 37.0 Å². The van der Waals surface area contributed by atoms with Gasteiger partial charge in [0.2, 0.25) is 0 Å². The lowest BCUT2D eigenvalue weighted by Gasteiger charge is -2.29. The lowest BCUT2D eigenvalue weighted by atomic mass is 9.87. The molecule has 2 aromatic rings. The molecular formula is C17H21FN2O4. The molecule has 0 radical (unpaired) electrons. The summed E-state index contributed by atoms with van der Waals surface area (Å²) >= 11 is 0. The number of H-pyrrole nitrogens is 1. The fourth-order valence-corrected chi connectivity index (χ4v) is 2.85. The number of piperidine rings is 1. The summed E-state index contributed by atoms with van der Waals surface area (Å²) in [6.07, 6.45) is 2.42. The van der Waals surface area contributed by atoms with E-state index >= 15 is 0 Å². The summed E-state index contributed by atoms with van der Waals surface area (Å²) in [6.45, 7) is 1.93. The Balaban J connectivity index is 0.000000471. The number of carbonyl (C=O) groups is 1. The van der Waals surface area contributed by atoms with Gasteiger partial charge >= 0.3 is 0 Å². The van der Waals surface area contributed by atoms with Crippen molar-refractivity contribution < 1.29 is 18.8 Å². The normalized spacial score (nSPS) is 20.1. The molecule has 1 aromatic carbocycles. The molecule has 6 nitrogen and oxygen atoms in total. The van der Waals surface area contributed by atoms with Crippen LogP contribution in [-0.4, -0.2) is 28.8 Å². The highest BCUT2D eigenvalue weighted by atomic mass is 19.1. The number of aromatic nitrogens is 1. The van der Waals surface area contributed by atoms with Gasteiger partial charge in [0.05, 0.1) is 0 Å². The smallest absolute Gasteiger partial charge is 0.300 e. The molecule has 2 heterocycles. The maximum atomic E-state index is 13.7. The maximum absolute atomic E-state index is 13.7. The molecular weight excluding hydrogens is 315 g/mol. The number of hydrogen-bond acceptors (Lipinski definition) is 4. The molecule has 1 aliphatic heterocycles. The van der Waals surface area contributed by atoms with Crippen LogP contribution in [0.2, 0.25) is 0 Å². The first-order valence-corrected chi connectivity index (χ1v) is 7.80. The Morgan fingerprint density at radius 1 is 1.42 bits per heavy atom. The molecule has 24 heavy (non-hydrogen) atoms. The Kier molecular flexibility index (Phi) is 6.31. The molecule has 1 aromatic heterocycles. The fourth-order valence-electron chi connectivity index (χ4n) is 2.85. The molecule has 1 fully saturated rings. The first kappa shape index (κ1) is 17.9. The Bertz CT molecular complexity index is 721. The van der Waals surface area contributed by atoms with Gasteiger partial charge in [-0.15, -0.1) is 0 Å². The van der Waals surface area contributed by atoms with E-state index in [4.69, 9.17) is 14.4 Å². The molecule has 7 heteroatoms. The van der Waals surface area contributed by atoms with Crippen LogP contribution < -0.4 is 10.9 Å². The van der Waals surface area contributed by atoms with Gasteiger partial charge in [-0.25, -0.2) is 4.39 Å². The van der Waals surface area contributed by atoms with Crippen LogP contribution in [0.25, 0.3) is 0 Å². The van der Waals surface area contributed by atoms with Gasteiger partial charge in [0, 0.05) is 24.9 Å². The summed E-state index contributed by atoms with van der Waals surface area (Å²) < 4.78 is 18.9. The molecule has 3 N–H and O–H groups in total. The van der Waals surface area contributed by atoms with Crippen molar-refractivity contribution in [2.75, 3.05) is 6.54 Å². The zero-order chi connectivity index (χ0) is 17.5. The van der Waals surface area contributed by atoms with Crippen LogP contribution in [-0.2, 0) is 11.2 Å². The predicted molar refractivity (Wildman–Crippen MR) is 86.5 cm³/mol. The van der Waals surface area contributed by atoms with Crippen molar-refractivity contribution >= 4 is 5.97 Å². The summed E-state index contributed by atoms with van der Waals surface area (Å²) in [6, 6.07) is 8.56. The summed E-state index contributed by atoms with van der Waals surface area (Å²) in [5.41, 5.74) is 0.519. The summed E-state index contributed by atoms with van der Waals surface area (Å²) in [7, 11) is 0. The summed E-state index contributed by atoms with van der Waals surface area (Å²) in [5.74, 6) is -0.0772. The van der Waals surface area contributed by atoms with Gasteiger partial charge < -0.3 is 14.9 Å². The monoisotopic (exact) mass is 336 g/mol. The van der Waals surface area contributed by atoms with Gasteiger partial charge in [-0.3, -0.25) is 9.59 Å². The second-order valence-corrected chi connectivity index (χ2v) is 5.80. The number of aromatic amines is 1. The third-order valence-electron chi connectivity index (χ3n) is 3.86. The fraction of sp³-hybridized carbons (Fsp3) is 0.412. The Labute approximate surface area is 138 Å². The van der Waals surface area contributed by atoms with Crippen LogP contribution in [0, 0.1) is 5.82 Å². The number of benzene rings is 1. The Morgan fingerprint density at radius 3 is 2.75 bits per heavy atom. The minimum Gasteiger partial charge on any atom is -0.481 e. The summed E-state index contributed by atoms with van der Waals surface area (Å²) in [4.78, 5) is 20.1. The molecule has 0 aliphatic carbocycles. The van der Waals surface area contributed by atoms with E-state index in [9.17, 15) is 9.18 Å². The highest BCUT2D eigenvalue weighted by molar-refractivity contribution is 5.62. The van der Waals surface area contributed by atoms with Gasteiger partial charge in [0.25, 0.3) is 11.5 Å². The van der Waals surface area contributed by atoms with E-state index in [1.54, 1.807) is 6.07 Å². The molecule has 0 amide bonds. The van der Waals surface area contributed by atoms with Crippen molar-refractivity contribution in [3.8, 4) is 0 Å². The number of carboxylic acids is 1. The molecule has 2 atom stereocenters. The van der Waals surface area contributed by atoms with Crippen LogP contribution in [0.3, 0.4) is 0 Å². The van der Waals surface area contributed by atoms with Crippen molar-refractivity contribution in [3.63, 3.8) is 0 Å². The first-order chi connectivity index (χ1) is 11.5. The largest absolute Gasteiger partial charge is 0.481 e. The molecule has 0 bridgehead atoms. The lowest BCUT2D eigenvalue weighted by molar-refractivity contribution is -0.134. The third kappa shape index (κ3) is 5.34. The average molecular weight is 336 g/mol. The van der Waals surface area contributed by atoms with Crippen LogP contribution in [0.5, 0.6) is 0 Å². The van der Waals surface area contributed by atoms with Gasteiger partial charge in [-0.1, -0.05) is 18.2 Å². The van der Waals surface area contributed by atoms with Gasteiger partial charge in [-0.05, 0) is 37.4 Å². The predicted octanol–water partition coefficient (Wildman–Crippen LogP) is 2.28. The zero-order valence-corrected chi connectivity index (χ0v) is 13.4. The number of aliphatic carboxylic acids is 1. The van der Waals surface area contributed by atoms with Crippen molar-refractivity contribution in [1.29, 1.82) is 0 Å². The van der Waals surface area contributed by atoms with Crippen molar-refractivity contribution in [2.24, 2.45) is 0 Å². The van der Waals surface area contributed by atoms with E-state index in [1.165, 1.54) is 12.1 Å². The second-order valence-electron chi connectivity index (χ2n) is 5.80. The van der Waals surface area contributed by atoms with Crippen LogP contribution in [0.4, 0.5) is 4.39 Å². The molecule has 0 spiro atoms. The van der Waals surface area contributed by atoms with E-state index < -0.39 is 5.97 Å². The third-order valence-corrected chi connectivity index (χ3v) is 3.86. The van der Waals surface area contributed by atoms with Gasteiger partial charge in [-0.2, -0.15) is 5.16 Å². The molecule has 1 saturated heterocycles. The zero-order valence-electron chi connectivity index (χ0n) is 13.4. The number of nitrogens with one attached hydrogen (secondary N) is 2.